The fourth-order valence-electron chi connectivity index (χ4n) is 2.26. The summed E-state index contributed by atoms with van der Waals surface area (Å²) in [6.45, 7) is 6.92. The van der Waals surface area contributed by atoms with Gasteiger partial charge in [0, 0.05) is 6.42 Å². The molecular weight excluding hydrogens is 404 g/mol. The molecule has 0 amide bonds. The number of carbonyl (C=O) groups excluding carboxylic acids is 2. The van der Waals surface area contributed by atoms with Crippen LogP contribution in [0.4, 0.5) is 0 Å². The molecule has 0 unspecified atom stereocenters. The van der Waals surface area contributed by atoms with Gasteiger partial charge in [0.15, 0.2) is 0 Å². The summed E-state index contributed by atoms with van der Waals surface area (Å²) >= 11 is 0. The molecule has 0 bridgehead atoms. The second kappa shape index (κ2) is 13.3. The van der Waals surface area contributed by atoms with Gasteiger partial charge >= 0.3 is 11.9 Å². The Morgan fingerprint density at radius 2 is 1.06 bits per heavy atom. The molecule has 0 atom stereocenters. The van der Waals surface area contributed by atoms with Gasteiger partial charge < -0.3 is 9.47 Å². The SMILES string of the molecule is CCCOc1ccc(C(=O)OOC(CC)OOC(=O)c2ccc(OCCC)cc2)cc1. The minimum atomic E-state index is -1.08. The Hall–Kier alpha value is -3.10. The molecule has 2 rings (SSSR count). The molecule has 168 valence electrons. The largest absolute Gasteiger partial charge is 0.494 e. The minimum Gasteiger partial charge on any atom is -0.494 e. The third-order valence-electron chi connectivity index (χ3n) is 3.92. The zero-order valence-electron chi connectivity index (χ0n) is 18.0. The summed E-state index contributed by atoms with van der Waals surface area (Å²) in [4.78, 5) is 43.7. The van der Waals surface area contributed by atoms with E-state index in [1.54, 1.807) is 55.5 Å². The van der Waals surface area contributed by atoms with Crippen molar-refractivity contribution in [2.45, 2.75) is 46.3 Å². The average Bonchev–Trinajstić information content (AvgIpc) is 2.81. The Labute approximate surface area is 181 Å². The van der Waals surface area contributed by atoms with Crippen LogP contribution in [0.2, 0.25) is 0 Å². The lowest BCUT2D eigenvalue weighted by molar-refractivity contribution is -0.420. The van der Waals surface area contributed by atoms with E-state index in [0.717, 1.165) is 12.8 Å². The van der Waals surface area contributed by atoms with Crippen LogP contribution < -0.4 is 9.47 Å². The van der Waals surface area contributed by atoms with Gasteiger partial charge in [-0.05, 0) is 61.4 Å². The molecule has 31 heavy (non-hydrogen) atoms. The molecule has 0 saturated heterocycles. The zero-order valence-corrected chi connectivity index (χ0v) is 18.0. The van der Waals surface area contributed by atoms with Crippen LogP contribution in [0.15, 0.2) is 48.5 Å². The summed E-state index contributed by atoms with van der Waals surface area (Å²) < 4.78 is 10.9. The van der Waals surface area contributed by atoms with E-state index in [4.69, 9.17) is 29.0 Å². The highest BCUT2D eigenvalue weighted by Gasteiger charge is 2.18. The van der Waals surface area contributed by atoms with Crippen LogP contribution in [-0.2, 0) is 19.6 Å². The minimum absolute atomic E-state index is 0.272. The Kier molecular flexibility index (Phi) is 10.3. The van der Waals surface area contributed by atoms with E-state index in [1.807, 2.05) is 13.8 Å². The third-order valence-corrected chi connectivity index (χ3v) is 3.92. The molecule has 2 aromatic rings. The molecular formula is C23H28O8. The summed E-state index contributed by atoms with van der Waals surface area (Å²) in [5, 5.41) is 0. The fourth-order valence-corrected chi connectivity index (χ4v) is 2.26. The van der Waals surface area contributed by atoms with Crippen molar-refractivity contribution >= 4 is 11.9 Å². The number of hydrogen-bond acceptors (Lipinski definition) is 8. The lowest BCUT2D eigenvalue weighted by Gasteiger charge is -2.13. The standard InChI is InChI=1S/C23H28O8/c1-4-15-26-19-11-7-17(8-12-19)22(24)30-28-21(6-3)29-31-23(25)18-9-13-20(14-10-18)27-16-5-2/h7-14,21H,4-6,15-16H2,1-3H3. The van der Waals surface area contributed by atoms with E-state index in [1.165, 1.54) is 0 Å². The first-order valence-corrected chi connectivity index (χ1v) is 10.3. The molecule has 0 heterocycles. The first-order chi connectivity index (χ1) is 15.1. The van der Waals surface area contributed by atoms with E-state index in [9.17, 15) is 9.59 Å². The smallest absolute Gasteiger partial charge is 0.373 e. The molecule has 0 aliphatic carbocycles. The van der Waals surface area contributed by atoms with Gasteiger partial charge in [0.1, 0.15) is 11.5 Å². The first-order valence-electron chi connectivity index (χ1n) is 10.3. The van der Waals surface area contributed by atoms with Gasteiger partial charge in [-0.2, -0.15) is 0 Å². The van der Waals surface area contributed by atoms with Crippen molar-refractivity contribution in [1.82, 2.24) is 0 Å². The summed E-state index contributed by atoms with van der Waals surface area (Å²) in [7, 11) is 0. The van der Waals surface area contributed by atoms with Crippen LogP contribution in [-0.4, -0.2) is 31.4 Å². The predicted octanol–water partition coefficient (Wildman–Crippen LogP) is 4.88. The highest BCUT2D eigenvalue weighted by Crippen LogP contribution is 2.16. The molecule has 0 aliphatic rings. The average molecular weight is 432 g/mol. The second-order valence-electron chi connectivity index (χ2n) is 6.52. The van der Waals surface area contributed by atoms with Crippen molar-refractivity contribution in [2.75, 3.05) is 13.2 Å². The maximum absolute atomic E-state index is 12.1. The molecule has 0 radical (unpaired) electrons. The second-order valence-corrected chi connectivity index (χ2v) is 6.52. The number of rotatable bonds is 13. The maximum atomic E-state index is 12.1. The molecule has 0 saturated carbocycles. The van der Waals surface area contributed by atoms with E-state index < -0.39 is 18.2 Å². The normalized spacial score (nSPS) is 10.6. The Morgan fingerprint density at radius 1 is 0.677 bits per heavy atom. The quantitative estimate of drug-likeness (QED) is 0.251. The van der Waals surface area contributed by atoms with Crippen molar-refractivity contribution in [1.29, 1.82) is 0 Å². The summed E-state index contributed by atoms with van der Waals surface area (Å²) in [6, 6.07) is 12.9. The van der Waals surface area contributed by atoms with Crippen molar-refractivity contribution in [2.24, 2.45) is 0 Å². The lowest BCUT2D eigenvalue weighted by atomic mass is 10.2. The predicted molar refractivity (Wildman–Crippen MR) is 112 cm³/mol. The monoisotopic (exact) mass is 432 g/mol. The van der Waals surface area contributed by atoms with Crippen LogP contribution in [0.3, 0.4) is 0 Å². The van der Waals surface area contributed by atoms with Crippen LogP contribution in [0.1, 0.15) is 60.7 Å². The van der Waals surface area contributed by atoms with Crippen LogP contribution in [0.25, 0.3) is 0 Å². The summed E-state index contributed by atoms with van der Waals surface area (Å²) in [5.74, 6) is -0.104. The highest BCUT2D eigenvalue weighted by atomic mass is 17.3. The number of hydrogen-bond donors (Lipinski definition) is 0. The molecule has 0 fully saturated rings. The maximum Gasteiger partial charge on any atom is 0.373 e. The van der Waals surface area contributed by atoms with Gasteiger partial charge in [0.2, 0.25) is 6.29 Å². The number of benzene rings is 2. The van der Waals surface area contributed by atoms with Gasteiger partial charge in [-0.25, -0.2) is 9.59 Å². The van der Waals surface area contributed by atoms with E-state index in [2.05, 4.69) is 0 Å². The van der Waals surface area contributed by atoms with E-state index in [0.29, 0.717) is 24.7 Å². The fraction of sp³-hybridized carbons (Fsp3) is 0.391. The van der Waals surface area contributed by atoms with Crippen LogP contribution in [0, 0.1) is 0 Å². The zero-order chi connectivity index (χ0) is 22.5. The molecule has 2 aromatic carbocycles. The van der Waals surface area contributed by atoms with Gasteiger partial charge in [-0.3, -0.25) is 9.78 Å². The van der Waals surface area contributed by atoms with Crippen molar-refractivity contribution in [3.8, 4) is 11.5 Å². The Balaban J connectivity index is 1.78. The lowest BCUT2D eigenvalue weighted by Crippen LogP contribution is -2.21. The molecule has 0 aromatic heterocycles. The summed E-state index contributed by atoms with van der Waals surface area (Å²) in [6.07, 6.45) is 0.972. The molecule has 0 spiro atoms. The first kappa shape index (κ1) is 24.2. The van der Waals surface area contributed by atoms with E-state index >= 15 is 0 Å². The Morgan fingerprint density at radius 3 is 1.39 bits per heavy atom. The van der Waals surface area contributed by atoms with Crippen LogP contribution >= 0.6 is 0 Å². The molecule has 0 N–H and O–H groups in total. The molecule has 0 aliphatic heterocycles. The number of ether oxygens (including phenoxy) is 2. The van der Waals surface area contributed by atoms with Crippen LogP contribution in [0.5, 0.6) is 11.5 Å². The molecule has 8 heteroatoms. The van der Waals surface area contributed by atoms with Crippen molar-refractivity contribution < 1.29 is 38.6 Å². The van der Waals surface area contributed by atoms with Gasteiger partial charge in [0.25, 0.3) is 0 Å². The topological polar surface area (TPSA) is 89.5 Å². The van der Waals surface area contributed by atoms with Gasteiger partial charge in [-0.15, -0.1) is 9.78 Å². The molecule has 8 nitrogen and oxygen atoms in total. The third kappa shape index (κ3) is 8.27. The van der Waals surface area contributed by atoms with E-state index in [-0.39, 0.29) is 17.5 Å². The van der Waals surface area contributed by atoms with Crippen molar-refractivity contribution in [3.63, 3.8) is 0 Å². The van der Waals surface area contributed by atoms with Gasteiger partial charge in [-0.1, -0.05) is 20.8 Å². The van der Waals surface area contributed by atoms with Gasteiger partial charge in [0.05, 0.1) is 24.3 Å². The highest BCUT2D eigenvalue weighted by molar-refractivity contribution is 5.89. The van der Waals surface area contributed by atoms with Crippen molar-refractivity contribution in [3.05, 3.63) is 59.7 Å². The number of carbonyl (C=O) groups is 2. The Bertz CT molecular complexity index is 734. The summed E-state index contributed by atoms with van der Waals surface area (Å²) in [5.41, 5.74) is 0.558.